The molecule has 0 aliphatic rings. The monoisotopic (exact) mass is 759 g/mol. The van der Waals surface area contributed by atoms with E-state index in [0.29, 0.717) is 6.42 Å². The Morgan fingerprint density at radius 2 is 1.09 bits per heavy atom. The molecule has 53 heavy (non-hydrogen) atoms. The third-order valence-corrected chi connectivity index (χ3v) is 9.15. The van der Waals surface area contributed by atoms with E-state index in [1.807, 2.05) is 6.08 Å². The number of phosphoric ester groups is 1. The zero-order valence-corrected chi connectivity index (χ0v) is 34.1. The van der Waals surface area contributed by atoms with Gasteiger partial charge in [-0.1, -0.05) is 162 Å². The van der Waals surface area contributed by atoms with Gasteiger partial charge in [0.05, 0.1) is 25.4 Å². The first-order chi connectivity index (χ1) is 25.9. The van der Waals surface area contributed by atoms with Gasteiger partial charge in [-0.3, -0.25) is 13.8 Å². The fraction of sp³-hybridized carbons (Fsp3) is 0.614. The molecule has 0 spiro atoms. The van der Waals surface area contributed by atoms with Crippen molar-refractivity contribution in [1.82, 2.24) is 5.32 Å². The Bertz CT molecular complexity index is 1140. The zero-order chi connectivity index (χ0) is 38.9. The van der Waals surface area contributed by atoms with Crippen molar-refractivity contribution in [3.8, 4) is 0 Å². The van der Waals surface area contributed by atoms with Crippen LogP contribution < -0.4 is 11.1 Å². The van der Waals surface area contributed by atoms with Crippen LogP contribution in [0.25, 0.3) is 0 Å². The highest BCUT2D eigenvalue weighted by Crippen LogP contribution is 2.43. The van der Waals surface area contributed by atoms with Gasteiger partial charge in [0.15, 0.2) is 0 Å². The number of hydrogen-bond acceptors (Lipinski definition) is 6. The number of nitrogens with one attached hydrogen (secondary N) is 1. The number of amides is 1. The highest BCUT2D eigenvalue weighted by molar-refractivity contribution is 7.47. The van der Waals surface area contributed by atoms with Crippen LogP contribution in [0.4, 0.5) is 0 Å². The van der Waals surface area contributed by atoms with Crippen LogP contribution in [-0.2, 0) is 18.4 Å². The fourth-order valence-electron chi connectivity index (χ4n) is 5.12. The fourth-order valence-corrected chi connectivity index (χ4v) is 5.88. The molecular weight excluding hydrogens is 683 g/mol. The van der Waals surface area contributed by atoms with Gasteiger partial charge in [0.25, 0.3) is 0 Å². The maximum absolute atomic E-state index is 12.7. The molecular formula is C44H75N2O6P. The SMILES string of the molecule is CC/C=C\C/C=C\C/C=C\C/C=C\C/C=C\C/C=C\C/C=C\CCCC(=O)NC(COP(=O)(O)OCCN)C(O)/C=C/CCCCCCCCCCC. The van der Waals surface area contributed by atoms with Gasteiger partial charge in [-0.05, 0) is 70.6 Å². The van der Waals surface area contributed by atoms with Crippen molar-refractivity contribution in [3.05, 3.63) is 97.2 Å². The Kier molecular flexibility index (Phi) is 37.2. The lowest BCUT2D eigenvalue weighted by atomic mass is 10.1. The standard InChI is InChI=1S/C44H75N2O6P/c1-3-5-7-9-11-13-15-16-17-18-19-20-21-22-23-24-25-26-28-30-32-34-36-38-44(48)46-42(41-52-53(49,50)51-40-39-45)43(47)37-35-33-31-29-27-14-12-10-8-6-4-2/h5,7,11,13,16-17,19-20,22-23,25-26,30,32,35,37,42-43,47H,3-4,6,8-10,12,14-15,18,21,24,27-29,31,33-34,36,38-41,45H2,1-2H3,(H,46,48)(H,49,50)/b7-5-,13-11-,17-16-,20-19-,23-22-,26-25-,32-30-,37-35+. The van der Waals surface area contributed by atoms with Crippen molar-refractivity contribution < 1.29 is 28.4 Å². The summed E-state index contributed by atoms with van der Waals surface area (Å²) < 4.78 is 22.0. The van der Waals surface area contributed by atoms with E-state index >= 15 is 0 Å². The largest absolute Gasteiger partial charge is 0.472 e. The molecule has 0 rings (SSSR count). The number of rotatable bonds is 36. The summed E-state index contributed by atoms with van der Waals surface area (Å²) in [5.74, 6) is -0.258. The van der Waals surface area contributed by atoms with Crippen molar-refractivity contribution in [2.45, 2.75) is 154 Å². The number of unbranched alkanes of at least 4 members (excludes halogenated alkanes) is 10. The van der Waals surface area contributed by atoms with Crippen LogP contribution in [0.15, 0.2) is 97.2 Å². The Labute approximate surface area is 323 Å². The molecule has 0 bridgehead atoms. The van der Waals surface area contributed by atoms with Gasteiger partial charge in [0.2, 0.25) is 5.91 Å². The molecule has 302 valence electrons. The van der Waals surface area contributed by atoms with E-state index in [0.717, 1.165) is 70.6 Å². The number of phosphoric acid groups is 1. The molecule has 3 unspecified atom stereocenters. The van der Waals surface area contributed by atoms with Gasteiger partial charge in [-0.2, -0.15) is 0 Å². The molecule has 0 saturated carbocycles. The molecule has 0 aliphatic carbocycles. The molecule has 0 aliphatic heterocycles. The van der Waals surface area contributed by atoms with Crippen LogP contribution in [-0.4, -0.2) is 47.8 Å². The first-order valence-corrected chi connectivity index (χ1v) is 21.9. The van der Waals surface area contributed by atoms with Crippen LogP contribution in [0.1, 0.15) is 142 Å². The summed E-state index contributed by atoms with van der Waals surface area (Å²) in [6.07, 6.45) is 53.2. The van der Waals surface area contributed by atoms with Gasteiger partial charge in [-0.15, -0.1) is 0 Å². The maximum atomic E-state index is 12.7. The molecule has 9 heteroatoms. The smallest absolute Gasteiger partial charge is 0.387 e. The molecule has 0 fully saturated rings. The Balaban J connectivity index is 4.37. The van der Waals surface area contributed by atoms with Crippen molar-refractivity contribution in [3.63, 3.8) is 0 Å². The minimum atomic E-state index is -4.36. The predicted octanol–water partition coefficient (Wildman–Crippen LogP) is 11.2. The number of carbonyl (C=O) groups excluding carboxylic acids is 1. The van der Waals surface area contributed by atoms with E-state index in [1.54, 1.807) is 6.08 Å². The van der Waals surface area contributed by atoms with E-state index in [-0.39, 0.29) is 32.1 Å². The molecule has 3 atom stereocenters. The quantitative estimate of drug-likeness (QED) is 0.0284. The molecule has 0 heterocycles. The van der Waals surface area contributed by atoms with E-state index in [2.05, 4.69) is 104 Å². The number of hydrogen-bond donors (Lipinski definition) is 4. The number of allylic oxidation sites excluding steroid dienone is 15. The van der Waals surface area contributed by atoms with E-state index < -0.39 is 20.0 Å². The van der Waals surface area contributed by atoms with Crippen molar-refractivity contribution in [1.29, 1.82) is 0 Å². The summed E-state index contributed by atoms with van der Waals surface area (Å²) in [5, 5.41) is 13.6. The van der Waals surface area contributed by atoms with Crippen LogP contribution >= 0.6 is 7.82 Å². The van der Waals surface area contributed by atoms with Gasteiger partial charge in [0.1, 0.15) is 0 Å². The van der Waals surface area contributed by atoms with E-state index in [1.165, 1.54) is 44.9 Å². The first-order valence-electron chi connectivity index (χ1n) is 20.4. The molecule has 0 radical (unpaired) electrons. The average molecular weight is 759 g/mol. The second kappa shape index (κ2) is 39.1. The van der Waals surface area contributed by atoms with Gasteiger partial charge >= 0.3 is 7.82 Å². The molecule has 1 amide bonds. The topological polar surface area (TPSA) is 131 Å². The van der Waals surface area contributed by atoms with Gasteiger partial charge in [0, 0.05) is 13.0 Å². The lowest BCUT2D eigenvalue weighted by Gasteiger charge is -2.23. The molecule has 0 aromatic carbocycles. The Morgan fingerprint density at radius 3 is 1.58 bits per heavy atom. The molecule has 0 aromatic rings. The lowest BCUT2D eigenvalue weighted by Crippen LogP contribution is -2.45. The lowest BCUT2D eigenvalue weighted by molar-refractivity contribution is -0.122. The summed E-state index contributed by atoms with van der Waals surface area (Å²) >= 11 is 0. The van der Waals surface area contributed by atoms with E-state index in [4.69, 9.17) is 14.8 Å². The summed E-state index contributed by atoms with van der Waals surface area (Å²) in [6.45, 7) is 3.93. The maximum Gasteiger partial charge on any atom is 0.472 e. The average Bonchev–Trinajstić information content (AvgIpc) is 3.14. The van der Waals surface area contributed by atoms with Gasteiger partial charge in [-0.25, -0.2) is 4.57 Å². The van der Waals surface area contributed by atoms with Crippen LogP contribution in [0, 0.1) is 0 Å². The molecule has 0 saturated heterocycles. The summed E-state index contributed by atoms with van der Waals surface area (Å²) in [6, 6.07) is -0.896. The Hall–Kier alpha value is -2.58. The van der Waals surface area contributed by atoms with E-state index in [9.17, 15) is 19.4 Å². The molecule has 5 N–H and O–H groups in total. The normalized spacial score (nSPS) is 15.2. The minimum absolute atomic E-state index is 0.0636. The summed E-state index contributed by atoms with van der Waals surface area (Å²) in [5.41, 5.74) is 5.35. The molecule has 8 nitrogen and oxygen atoms in total. The van der Waals surface area contributed by atoms with Crippen LogP contribution in [0.2, 0.25) is 0 Å². The zero-order valence-electron chi connectivity index (χ0n) is 33.2. The van der Waals surface area contributed by atoms with Crippen molar-refractivity contribution in [2.75, 3.05) is 19.8 Å². The number of nitrogens with two attached hydrogens (primary N) is 1. The number of aliphatic hydroxyl groups excluding tert-OH is 1. The van der Waals surface area contributed by atoms with Gasteiger partial charge < -0.3 is 21.1 Å². The third-order valence-electron chi connectivity index (χ3n) is 8.17. The minimum Gasteiger partial charge on any atom is -0.387 e. The number of carbonyl (C=O) groups is 1. The van der Waals surface area contributed by atoms with Crippen LogP contribution in [0.5, 0.6) is 0 Å². The molecule has 0 aromatic heterocycles. The first kappa shape index (κ1) is 50.4. The van der Waals surface area contributed by atoms with Crippen molar-refractivity contribution in [2.24, 2.45) is 5.73 Å². The van der Waals surface area contributed by atoms with Crippen LogP contribution in [0.3, 0.4) is 0 Å². The third kappa shape index (κ3) is 37.5. The van der Waals surface area contributed by atoms with Crippen molar-refractivity contribution >= 4 is 13.7 Å². The predicted molar refractivity (Wildman–Crippen MR) is 226 cm³/mol. The summed E-state index contributed by atoms with van der Waals surface area (Å²) in [7, 11) is -4.36. The second-order valence-electron chi connectivity index (χ2n) is 13.1. The number of aliphatic hydroxyl groups is 1. The second-order valence-corrected chi connectivity index (χ2v) is 14.6. The Morgan fingerprint density at radius 1 is 0.642 bits per heavy atom. The highest BCUT2D eigenvalue weighted by Gasteiger charge is 2.26. The summed E-state index contributed by atoms with van der Waals surface area (Å²) in [4.78, 5) is 22.6. The highest BCUT2D eigenvalue weighted by atomic mass is 31.2.